The third-order valence-corrected chi connectivity index (χ3v) is 1.10. The van der Waals surface area contributed by atoms with Crippen molar-refractivity contribution in [2.45, 2.75) is 26.4 Å². The second kappa shape index (κ2) is 6.28. The van der Waals surface area contributed by atoms with Crippen molar-refractivity contribution in [3.05, 3.63) is 0 Å². The smallest absolute Gasteiger partial charge is 0.407 e. The Kier molecular flexibility index (Phi) is 5.73. The third kappa shape index (κ3) is 8.88. The molecule has 4 nitrogen and oxygen atoms in total. The van der Waals surface area contributed by atoms with Gasteiger partial charge in [-0.1, -0.05) is 5.92 Å². The van der Waals surface area contributed by atoms with Crippen LogP contribution in [0.25, 0.3) is 0 Å². The van der Waals surface area contributed by atoms with Crippen LogP contribution in [0.5, 0.6) is 0 Å². The highest BCUT2D eigenvalue weighted by atomic mass is 16.6. The van der Waals surface area contributed by atoms with Gasteiger partial charge in [0.15, 0.2) is 0 Å². The highest BCUT2D eigenvalue weighted by Crippen LogP contribution is 2.05. The largest absolute Gasteiger partial charge is 0.444 e. The molecule has 0 aliphatic rings. The Morgan fingerprint density at radius 3 is 2.64 bits per heavy atom. The van der Waals surface area contributed by atoms with E-state index in [0.717, 1.165) is 0 Å². The number of amides is 1. The van der Waals surface area contributed by atoms with Gasteiger partial charge >= 0.3 is 6.09 Å². The second-order valence-electron chi connectivity index (χ2n) is 3.69. The topological polar surface area (TPSA) is 47.6 Å². The molecule has 14 heavy (non-hydrogen) atoms. The van der Waals surface area contributed by atoms with Crippen LogP contribution in [0.2, 0.25) is 0 Å². The highest BCUT2D eigenvalue weighted by molar-refractivity contribution is 5.67. The maximum atomic E-state index is 11.1. The van der Waals surface area contributed by atoms with Crippen molar-refractivity contribution in [1.29, 1.82) is 0 Å². The Morgan fingerprint density at radius 1 is 1.50 bits per heavy atom. The Bertz CT molecular complexity index is 212. The van der Waals surface area contributed by atoms with Crippen LogP contribution in [-0.2, 0) is 9.47 Å². The molecule has 0 atom stereocenters. The number of hydrogen-bond acceptors (Lipinski definition) is 3. The fourth-order valence-corrected chi connectivity index (χ4v) is 0.671. The van der Waals surface area contributed by atoms with Crippen molar-refractivity contribution in [2.75, 3.05) is 19.8 Å². The summed E-state index contributed by atoms with van der Waals surface area (Å²) in [6.07, 6.45) is 4.52. The first-order valence-corrected chi connectivity index (χ1v) is 4.44. The molecule has 0 aliphatic heterocycles. The fraction of sp³-hybridized carbons (Fsp3) is 0.700. The number of carbonyl (C=O) groups is 1. The van der Waals surface area contributed by atoms with Gasteiger partial charge in [0, 0.05) is 6.54 Å². The van der Waals surface area contributed by atoms with Crippen LogP contribution in [0.4, 0.5) is 4.79 Å². The predicted octanol–water partition coefficient (Wildman–Crippen LogP) is 1.16. The molecule has 0 fully saturated rings. The predicted molar refractivity (Wildman–Crippen MR) is 53.9 cm³/mol. The molecule has 0 aliphatic carbocycles. The molecule has 0 unspecified atom stereocenters. The van der Waals surface area contributed by atoms with E-state index < -0.39 is 11.7 Å². The van der Waals surface area contributed by atoms with Crippen LogP contribution in [0, 0.1) is 12.3 Å². The summed E-state index contributed by atoms with van der Waals surface area (Å²) < 4.78 is 9.96. The molecule has 80 valence electrons. The molecule has 0 saturated heterocycles. The summed E-state index contributed by atoms with van der Waals surface area (Å²) in [5.41, 5.74) is -0.468. The summed E-state index contributed by atoms with van der Waals surface area (Å²) in [5, 5.41) is 2.54. The van der Waals surface area contributed by atoms with Crippen molar-refractivity contribution in [2.24, 2.45) is 0 Å². The number of carbonyl (C=O) groups excluding carboxylic acids is 1. The molecule has 0 aromatic heterocycles. The van der Waals surface area contributed by atoms with E-state index in [9.17, 15) is 4.79 Å². The summed E-state index contributed by atoms with van der Waals surface area (Å²) in [5.74, 6) is 2.33. The van der Waals surface area contributed by atoms with Crippen molar-refractivity contribution in [1.82, 2.24) is 5.32 Å². The van der Waals surface area contributed by atoms with Gasteiger partial charge in [0.1, 0.15) is 12.2 Å². The Hall–Kier alpha value is -1.21. The van der Waals surface area contributed by atoms with Gasteiger partial charge in [0.2, 0.25) is 0 Å². The molecule has 4 heteroatoms. The molecule has 1 amide bonds. The number of nitrogens with one attached hydrogen (secondary N) is 1. The molecule has 0 heterocycles. The summed E-state index contributed by atoms with van der Waals surface area (Å²) in [6, 6.07) is 0. The summed E-state index contributed by atoms with van der Waals surface area (Å²) in [7, 11) is 0. The molecular weight excluding hydrogens is 182 g/mol. The Balaban J connectivity index is 3.42. The molecule has 0 rings (SSSR count). The minimum Gasteiger partial charge on any atom is -0.444 e. The highest BCUT2D eigenvalue weighted by Gasteiger charge is 2.15. The van der Waals surface area contributed by atoms with Crippen LogP contribution in [0.15, 0.2) is 0 Å². The first-order chi connectivity index (χ1) is 6.45. The van der Waals surface area contributed by atoms with Gasteiger partial charge in [0.25, 0.3) is 0 Å². The lowest BCUT2D eigenvalue weighted by Crippen LogP contribution is -2.34. The SMILES string of the molecule is C#CCOCCNC(=O)OC(C)(C)C. The molecular formula is C10H17NO3. The molecule has 0 aromatic rings. The molecule has 0 spiro atoms. The molecule has 0 saturated carbocycles. The van der Waals surface area contributed by atoms with Crippen LogP contribution in [0.3, 0.4) is 0 Å². The van der Waals surface area contributed by atoms with E-state index in [4.69, 9.17) is 15.9 Å². The van der Waals surface area contributed by atoms with Crippen LogP contribution in [-0.4, -0.2) is 31.5 Å². The van der Waals surface area contributed by atoms with Gasteiger partial charge < -0.3 is 14.8 Å². The molecule has 1 N–H and O–H groups in total. The van der Waals surface area contributed by atoms with E-state index in [2.05, 4.69) is 11.2 Å². The number of rotatable bonds is 4. The average molecular weight is 199 g/mol. The van der Waals surface area contributed by atoms with Gasteiger partial charge in [-0.2, -0.15) is 0 Å². The Morgan fingerprint density at radius 2 is 2.14 bits per heavy atom. The van der Waals surface area contributed by atoms with Crippen LogP contribution in [0.1, 0.15) is 20.8 Å². The third-order valence-electron chi connectivity index (χ3n) is 1.10. The minimum atomic E-state index is -0.468. The quantitative estimate of drug-likeness (QED) is 0.546. The van der Waals surface area contributed by atoms with E-state index >= 15 is 0 Å². The maximum Gasteiger partial charge on any atom is 0.407 e. The summed E-state index contributed by atoms with van der Waals surface area (Å²) in [6.45, 7) is 6.47. The lowest BCUT2D eigenvalue weighted by molar-refractivity contribution is 0.0507. The molecule has 0 aromatic carbocycles. The normalized spacial score (nSPS) is 10.4. The van der Waals surface area contributed by atoms with Gasteiger partial charge in [-0.25, -0.2) is 4.79 Å². The van der Waals surface area contributed by atoms with Gasteiger partial charge in [-0.05, 0) is 20.8 Å². The van der Waals surface area contributed by atoms with Crippen molar-refractivity contribution < 1.29 is 14.3 Å². The van der Waals surface area contributed by atoms with Gasteiger partial charge in [-0.15, -0.1) is 6.42 Å². The average Bonchev–Trinajstić information content (AvgIpc) is 2.00. The van der Waals surface area contributed by atoms with E-state index in [1.165, 1.54) is 0 Å². The first kappa shape index (κ1) is 12.8. The lowest BCUT2D eigenvalue weighted by Gasteiger charge is -2.19. The first-order valence-electron chi connectivity index (χ1n) is 4.44. The van der Waals surface area contributed by atoms with Crippen LogP contribution < -0.4 is 5.32 Å². The van der Waals surface area contributed by atoms with E-state index in [1.54, 1.807) is 20.8 Å². The standard InChI is InChI=1S/C10H17NO3/c1-5-7-13-8-6-11-9(12)14-10(2,3)4/h1H,6-8H2,2-4H3,(H,11,12). The van der Waals surface area contributed by atoms with E-state index in [0.29, 0.717) is 13.2 Å². The Labute approximate surface area is 85.0 Å². The van der Waals surface area contributed by atoms with Gasteiger partial charge in [0.05, 0.1) is 6.61 Å². The van der Waals surface area contributed by atoms with Crippen molar-refractivity contribution in [3.63, 3.8) is 0 Å². The molecule has 0 bridgehead atoms. The van der Waals surface area contributed by atoms with Crippen molar-refractivity contribution in [3.8, 4) is 12.3 Å². The number of alkyl carbamates (subject to hydrolysis) is 1. The zero-order valence-corrected chi connectivity index (χ0v) is 8.92. The maximum absolute atomic E-state index is 11.1. The van der Waals surface area contributed by atoms with E-state index in [-0.39, 0.29) is 6.61 Å². The van der Waals surface area contributed by atoms with Gasteiger partial charge in [-0.3, -0.25) is 0 Å². The lowest BCUT2D eigenvalue weighted by atomic mass is 10.2. The zero-order valence-electron chi connectivity index (χ0n) is 8.92. The van der Waals surface area contributed by atoms with Crippen molar-refractivity contribution >= 4 is 6.09 Å². The minimum absolute atomic E-state index is 0.260. The molecule has 0 radical (unpaired) electrons. The zero-order chi connectivity index (χ0) is 11.0. The second-order valence-corrected chi connectivity index (χ2v) is 3.69. The summed E-state index contributed by atoms with van der Waals surface area (Å²) >= 11 is 0. The van der Waals surface area contributed by atoms with E-state index in [1.807, 2.05) is 0 Å². The number of terminal acetylenes is 1. The fourth-order valence-electron chi connectivity index (χ4n) is 0.671. The van der Waals surface area contributed by atoms with Crippen LogP contribution >= 0.6 is 0 Å². The monoisotopic (exact) mass is 199 g/mol. The summed E-state index contributed by atoms with van der Waals surface area (Å²) in [4.78, 5) is 11.1. The number of hydrogen-bond donors (Lipinski definition) is 1. The number of ether oxygens (including phenoxy) is 2.